The predicted molar refractivity (Wildman–Crippen MR) is 134 cm³/mol. The van der Waals surface area contributed by atoms with Gasteiger partial charge in [0.25, 0.3) is 0 Å². The molecule has 0 fully saturated rings. The highest BCUT2D eigenvalue weighted by Crippen LogP contribution is 2.48. The molecule has 0 saturated heterocycles. The fourth-order valence-corrected chi connectivity index (χ4v) is 9.60. The number of hydrogen-bond acceptors (Lipinski definition) is 1. The van der Waals surface area contributed by atoms with Crippen LogP contribution in [0, 0.1) is 17.3 Å². The van der Waals surface area contributed by atoms with Crippen LogP contribution in [-0.2, 0) is 6.42 Å². The van der Waals surface area contributed by atoms with Gasteiger partial charge in [-0.15, -0.1) is 0 Å². The van der Waals surface area contributed by atoms with Crippen LogP contribution < -0.4 is 0 Å². The molecule has 0 bridgehead atoms. The molecule has 3 rings (SSSR count). The summed E-state index contributed by atoms with van der Waals surface area (Å²) in [5.41, 5.74) is 3.13. The van der Waals surface area contributed by atoms with E-state index in [2.05, 4.69) is 81.0 Å². The van der Waals surface area contributed by atoms with Gasteiger partial charge in [0.2, 0.25) is 0 Å². The topological polar surface area (TPSA) is 12.9 Å². The summed E-state index contributed by atoms with van der Waals surface area (Å²) in [4.78, 5) is 4.58. The highest BCUT2D eigenvalue weighted by atomic mass is 28.3. The minimum Gasteiger partial charge on any atom is -0.260 e. The summed E-state index contributed by atoms with van der Waals surface area (Å²) in [6.45, 7) is 11.0. The average molecular weight is 434 g/mol. The second-order valence-corrected chi connectivity index (χ2v) is 14.0. The molecule has 0 saturated carbocycles. The summed E-state index contributed by atoms with van der Waals surface area (Å²) in [6.07, 6.45) is 1.62. The maximum absolute atomic E-state index is 15.3. The first-order chi connectivity index (χ1) is 14.3. The lowest BCUT2D eigenvalue weighted by molar-refractivity contribution is 0.234. The van der Waals surface area contributed by atoms with Gasteiger partial charge in [-0.3, -0.25) is 4.98 Å². The summed E-state index contributed by atoms with van der Waals surface area (Å²) in [6, 6.07) is 18.6. The molecule has 1 aromatic heterocycles. The lowest BCUT2D eigenvalue weighted by atomic mass is 9.87. The zero-order valence-electron chi connectivity index (χ0n) is 18.8. The Hall–Kier alpha value is -2.23. The molecule has 0 aliphatic heterocycles. The first-order valence-electron chi connectivity index (χ1n) is 10.9. The third-order valence-electron chi connectivity index (χ3n) is 6.67. The van der Waals surface area contributed by atoms with E-state index in [1.54, 1.807) is 0 Å². The monoisotopic (exact) mass is 433 g/mol. The molecular weight excluding hydrogens is 401 g/mol. The van der Waals surface area contributed by atoms with Crippen LogP contribution in [0.2, 0.25) is 17.8 Å². The van der Waals surface area contributed by atoms with Crippen molar-refractivity contribution < 1.29 is 4.39 Å². The van der Waals surface area contributed by atoms with Gasteiger partial charge in [-0.1, -0.05) is 82.1 Å². The minimum absolute atomic E-state index is 0.0155. The number of aromatic nitrogens is 1. The molecule has 2 aromatic carbocycles. The molecule has 3 aromatic rings. The van der Waals surface area contributed by atoms with Crippen molar-refractivity contribution in [3.05, 3.63) is 77.6 Å². The highest BCUT2D eigenvalue weighted by Gasteiger charge is 2.45. The van der Waals surface area contributed by atoms with E-state index in [0.29, 0.717) is 0 Å². The Balaban J connectivity index is 1.78. The Kier molecular flexibility index (Phi) is 6.95. The second-order valence-electron chi connectivity index (χ2n) is 9.10. The Morgan fingerprint density at radius 1 is 0.967 bits per heavy atom. The van der Waals surface area contributed by atoms with Crippen LogP contribution in [0.15, 0.2) is 60.8 Å². The molecule has 0 N–H and O–H groups in total. The van der Waals surface area contributed by atoms with Gasteiger partial charge in [-0.25, -0.2) is 4.39 Å². The molecule has 0 aliphatic rings. The molecule has 1 heterocycles. The fraction of sp³-hybridized carbons (Fsp3) is 0.346. The van der Waals surface area contributed by atoms with Crippen molar-refractivity contribution in [3.8, 4) is 11.8 Å². The molecule has 156 valence electrons. The summed E-state index contributed by atoms with van der Waals surface area (Å²) in [5, 5.41) is 2.40. The van der Waals surface area contributed by atoms with E-state index in [-0.39, 0.29) is 10.1 Å². The van der Waals surface area contributed by atoms with Crippen LogP contribution >= 0.6 is 0 Å². The zero-order valence-corrected chi connectivity index (χ0v) is 21.6. The maximum Gasteiger partial charge on any atom is 0.161 e. The van der Waals surface area contributed by atoms with E-state index in [4.69, 9.17) is 0 Å². The van der Waals surface area contributed by atoms with E-state index >= 15 is 4.39 Å². The first-order valence-corrected chi connectivity index (χ1v) is 15.1. The Morgan fingerprint density at radius 2 is 1.63 bits per heavy atom. The van der Waals surface area contributed by atoms with Crippen LogP contribution in [0.5, 0.6) is 0 Å². The van der Waals surface area contributed by atoms with Crippen molar-refractivity contribution >= 4 is 29.8 Å². The van der Waals surface area contributed by atoms with Crippen molar-refractivity contribution in [1.29, 1.82) is 0 Å². The van der Waals surface area contributed by atoms with E-state index in [1.165, 1.54) is 16.3 Å². The number of hydrogen-bond donors (Lipinski definition) is 0. The van der Waals surface area contributed by atoms with Crippen LogP contribution in [0.4, 0.5) is 4.39 Å². The second kappa shape index (κ2) is 9.28. The number of alkyl halides is 1. The van der Waals surface area contributed by atoms with Crippen molar-refractivity contribution in [1.82, 2.24) is 4.98 Å². The summed E-state index contributed by atoms with van der Waals surface area (Å²) >= 11 is 0. The Bertz CT molecular complexity index is 1050. The van der Waals surface area contributed by atoms with Crippen molar-refractivity contribution in [2.75, 3.05) is 0 Å². The van der Waals surface area contributed by atoms with Gasteiger partial charge in [0, 0.05) is 42.6 Å². The third-order valence-corrected chi connectivity index (χ3v) is 15.0. The molecule has 1 unspecified atom stereocenters. The van der Waals surface area contributed by atoms with Crippen molar-refractivity contribution in [3.63, 3.8) is 0 Å². The molecular formula is C26H32FNSi2. The minimum atomic E-state index is -1.02. The molecule has 0 radical (unpaired) electrons. The molecule has 30 heavy (non-hydrogen) atoms. The molecule has 0 spiro atoms. The number of pyridine rings is 1. The van der Waals surface area contributed by atoms with Gasteiger partial charge in [0.05, 0.1) is 5.69 Å². The van der Waals surface area contributed by atoms with E-state index < -0.39 is 25.2 Å². The quantitative estimate of drug-likeness (QED) is 0.402. The average Bonchev–Trinajstić information content (AvgIpc) is 2.74. The number of benzene rings is 2. The standard InChI is InChI=1S/C26H32FNSi2/c1-25(2,3)26(29-4,30-5)24(27)15-14-19-10-12-20(13-11-19)18-23-22-9-7-6-8-21(22)16-17-28-23/h6-13,16-17,24H,18,29-30H2,1-5H3. The normalized spacial score (nSPS) is 15.4. The summed E-state index contributed by atoms with van der Waals surface area (Å²) in [7, 11) is -1.02. The van der Waals surface area contributed by atoms with E-state index in [0.717, 1.165) is 17.7 Å². The first kappa shape index (κ1) is 22.5. The fourth-order valence-electron chi connectivity index (χ4n) is 4.56. The van der Waals surface area contributed by atoms with Crippen LogP contribution in [0.3, 0.4) is 0 Å². The molecule has 0 aliphatic carbocycles. The Labute approximate surface area is 185 Å². The van der Waals surface area contributed by atoms with Gasteiger partial charge < -0.3 is 0 Å². The number of rotatable bonds is 5. The molecule has 1 nitrogen and oxygen atoms in total. The SMILES string of the molecule is C[SiH2]C([SiH2]C)(C(F)C#Cc1ccc(Cc2nccc3ccccc23)cc1)C(C)(C)C. The number of fused-ring (bicyclic) bond motifs is 1. The van der Waals surface area contributed by atoms with Crippen LogP contribution in [0.25, 0.3) is 10.8 Å². The van der Waals surface area contributed by atoms with Gasteiger partial charge >= 0.3 is 0 Å². The third kappa shape index (κ3) is 4.58. The molecule has 4 heteroatoms. The number of halogens is 1. The zero-order chi connectivity index (χ0) is 21.8. The lowest BCUT2D eigenvalue weighted by Gasteiger charge is -2.44. The highest BCUT2D eigenvalue weighted by molar-refractivity contribution is 6.61. The molecule has 1 atom stereocenters. The van der Waals surface area contributed by atoms with Crippen LogP contribution in [-0.4, -0.2) is 30.2 Å². The van der Waals surface area contributed by atoms with E-state index in [1.807, 2.05) is 30.5 Å². The predicted octanol–water partition coefficient (Wildman–Crippen LogP) is 5.11. The largest absolute Gasteiger partial charge is 0.260 e. The van der Waals surface area contributed by atoms with Gasteiger partial charge in [0.1, 0.15) is 0 Å². The van der Waals surface area contributed by atoms with Gasteiger partial charge in [-0.05, 0) is 39.2 Å². The maximum atomic E-state index is 15.3. The molecule has 0 amide bonds. The number of nitrogens with zero attached hydrogens (tertiary/aromatic N) is 1. The summed E-state index contributed by atoms with van der Waals surface area (Å²) in [5.74, 6) is 6.10. The van der Waals surface area contributed by atoms with E-state index in [9.17, 15) is 0 Å². The van der Waals surface area contributed by atoms with Gasteiger partial charge in [-0.2, -0.15) is 0 Å². The summed E-state index contributed by atoms with van der Waals surface area (Å²) < 4.78 is 15.2. The van der Waals surface area contributed by atoms with Crippen molar-refractivity contribution in [2.45, 2.75) is 51.1 Å². The Morgan fingerprint density at radius 3 is 2.27 bits per heavy atom. The smallest absolute Gasteiger partial charge is 0.161 e. The van der Waals surface area contributed by atoms with Crippen molar-refractivity contribution in [2.24, 2.45) is 5.41 Å². The van der Waals surface area contributed by atoms with Gasteiger partial charge in [0.15, 0.2) is 6.17 Å². The lowest BCUT2D eigenvalue weighted by Crippen LogP contribution is -2.44. The van der Waals surface area contributed by atoms with Crippen LogP contribution in [0.1, 0.15) is 37.6 Å².